The van der Waals surface area contributed by atoms with Gasteiger partial charge in [-0.1, -0.05) is 12.1 Å². The Morgan fingerprint density at radius 1 is 0.519 bits per heavy atom. The summed E-state index contributed by atoms with van der Waals surface area (Å²) in [6.45, 7) is 3.24. The Morgan fingerprint density at radius 3 is 1.26 bits per heavy atom. The zero-order valence-electron chi connectivity index (χ0n) is 28.2. The minimum atomic E-state index is -4.43. The molecule has 6 rings (SSSR count). The SMILES string of the molecule is Cc1cc(Nc2ccc3cc(S(=O)(=O)O)ccc3c2O)ccc1C(=O)NC(=O)NC(=O)c1ccc(Nc2ccc3cc(S(=O)(=O)O)ccc3c2O)cc1C. The van der Waals surface area contributed by atoms with Gasteiger partial charge < -0.3 is 20.8 Å². The van der Waals surface area contributed by atoms with E-state index < -0.39 is 38.1 Å². The van der Waals surface area contributed by atoms with Gasteiger partial charge in [-0.15, -0.1) is 0 Å². The number of urea groups is 1. The van der Waals surface area contributed by atoms with Crippen LogP contribution in [0.15, 0.2) is 107 Å². The van der Waals surface area contributed by atoms with Crippen molar-refractivity contribution in [1.29, 1.82) is 0 Å². The summed E-state index contributed by atoms with van der Waals surface area (Å²) in [5, 5.41) is 33.3. The molecule has 0 fully saturated rings. The first-order valence-corrected chi connectivity index (χ1v) is 18.7. The molecule has 0 unspecified atom stereocenters. The molecule has 0 aromatic heterocycles. The highest BCUT2D eigenvalue weighted by Gasteiger charge is 2.19. The van der Waals surface area contributed by atoms with Crippen molar-refractivity contribution in [2.24, 2.45) is 0 Å². The molecular formula is C37H30N4O11S2. The Bertz CT molecular complexity index is 2600. The van der Waals surface area contributed by atoms with E-state index in [1.807, 2.05) is 0 Å². The second-order valence-electron chi connectivity index (χ2n) is 12.2. The van der Waals surface area contributed by atoms with E-state index in [2.05, 4.69) is 21.3 Å². The number of phenolic OH excluding ortho intramolecular Hbond substituents is 2. The molecule has 4 amide bonds. The van der Waals surface area contributed by atoms with E-state index in [-0.39, 0.29) is 43.8 Å². The van der Waals surface area contributed by atoms with Crippen molar-refractivity contribution in [3.8, 4) is 11.5 Å². The number of rotatable bonds is 8. The molecule has 8 N–H and O–H groups in total. The van der Waals surface area contributed by atoms with Gasteiger partial charge in [0.1, 0.15) is 11.5 Å². The molecule has 0 bridgehead atoms. The predicted octanol–water partition coefficient (Wildman–Crippen LogP) is 6.28. The quantitative estimate of drug-likeness (QED) is 0.0628. The molecular weight excluding hydrogens is 741 g/mol. The maximum Gasteiger partial charge on any atom is 0.328 e. The number of aryl methyl sites for hydroxylation is 2. The number of phenols is 2. The van der Waals surface area contributed by atoms with Gasteiger partial charge in [-0.25, -0.2) is 4.79 Å². The van der Waals surface area contributed by atoms with Crippen molar-refractivity contribution in [2.75, 3.05) is 10.6 Å². The first-order chi connectivity index (χ1) is 25.4. The van der Waals surface area contributed by atoms with Crippen LogP contribution in [0.25, 0.3) is 21.5 Å². The van der Waals surface area contributed by atoms with Crippen molar-refractivity contribution in [1.82, 2.24) is 10.6 Å². The van der Waals surface area contributed by atoms with E-state index in [4.69, 9.17) is 0 Å². The van der Waals surface area contributed by atoms with Crippen molar-refractivity contribution in [3.05, 3.63) is 119 Å². The molecule has 0 radical (unpaired) electrons. The molecule has 0 atom stereocenters. The van der Waals surface area contributed by atoms with Crippen molar-refractivity contribution in [2.45, 2.75) is 23.6 Å². The number of anilines is 4. The third-order valence-corrected chi connectivity index (χ3v) is 10.2. The lowest BCUT2D eigenvalue weighted by Crippen LogP contribution is -2.42. The van der Waals surface area contributed by atoms with E-state index in [9.17, 15) is 50.5 Å². The first kappa shape index (κ1) is 37.2. The molecule has 0 aliphatic rings. The fourth-order valence-corrected chi connectivity index (χ4v) is 6.81. The van der Waals surface area contributed by atoms with Gasteiger partial charge in [0, 0.05) is 33.3 Å². The number of carbonyl (C=O) groups is 3. The highest BCUT2D eigenvalue weighted by Crippen LogP contribution is 2.37. The zero-order valence-corrected chi connectivity index (χ0v) is 29.8. The van der Waals surface area contributed by atoms with E-state index in [0.29, 0.717) is 44.0 Å². The number of benzene rings is 6. The fraction of sp³-hybridized carbons (Fsp3) is 0.0541. The Morgan fingerprint density at radius 2 is 0.907 bits per heavy atom. The Hall–Kier alpha value is -6.53. The topological polar surface area (TPSA) is 249 Å². The summed E-state index contributed by atoms with van der Waals surface area (Å²) in [4.78, 5) is 37.9. The number of hydrogen-bond acceptors (Lipinski definition) is 11. The summed E-state index contributed by atoms with van der Waals surface area (Å²) in [5.74, 6) is -1.93. The number of nitrogens with one attached hydrogen (secondary N) is 4. The first-order valence-electron chi connectivity index (χ1n) is 15.8. The third kappa shape index (κ3) is 7.79. The molecule has 276 valence electrons. The summed E-state index contributed by atoms with van der Waals surface area (Å²) in [5.41, 5.74) is 2.68. The highest BCUT2D eigenvalue weighted by atomic mass is 32.2. The summed E-state index contributed by atoms with van der Waals surface area (Å²) in [7, 11) is -8.85. The van der Waals surface area contributed by atoms with Gasteiger partial charge in [0.25, 0.3) is 32.1 Å². The number of aromatic hydroxyl groups is 2. The lowest BCUT2D eigenvalue weighted by molar-refractivity contribution is 0.0944. The van der Waals surface area contributed by atoms with Crippen molar-refractivity contribution >= 4 is 82.4 Å². The summed E-state index contributed by atoms with van der Waals surface area (Å²) >= 11 is 0. The number of carbonyl (C=O) groups excluding carboxylic acids is 3. The van der Waals surface area contributed by atoms with Crippen LogP contribution in [0.4, 0.5) is 27.5 Å². The van der Waals surface area contributed by atoms with Crippen LogP contribution in [0, 0.1) is 13.8 Å². The van der Waals surface area contributed by atoms with Crippen LogP contribution in [-0.4, -0.2) is 54.0 Å². The van der Waals surface area contributed by atoms with Gasteiger partial charge in [-0.05, 0) is 121 Å². The van der Waals surface area contributed by atoms with Gasteiger partial charge in [0.15, 0.2) is 0 Å². The lowest BCUT2D eigenvalue weighted by atomic mass is 10.1. The zero-order chi connectivity index (χ0) is 39.1. The van der Waals surface area contributed by atoms with Crippen LogP contribution >= 0.6 is 0 Å². The Labute approximate surface area is 307 Å². The van der Waals surface area contributed by atoms with Gasteiger partial charge >= 0.3 is 6.03 Å². The van der Waals surface area contributed by atoms with Crippen LogP contribution in [-0.2, 0) is 20.2 Å². The predicted molar refractivity (Wildman–Crippen MR) is 200 cm³/mol. The standard InChI is InChI=1S/C37H30N4O11S2/c1-19-15-23(38-31-13-3-21-17-25(53(47,48)49)7-11-29(21)33(31)42)5-9-27(19)35(44)40-37(46)41-36(45)28-10-6-24(16-20(28)2)39-32-14-4-22-18-26(54(50,51)52)8-12-30(22)34(32)43/h3-18,38-39,42-43H,1-2H3,(H,47,48,49)(H,50,51,52)(H2,40,41,44,45,46). The maximum absolute atomic E-state index is 12.9. The van der Waals surface area contributed by atoms with Gasteiger partial charge in [0.2, 0.25) is 0 Å². The molecule has 0 saturated carbocycles. The average Bonchev–Trinajstić information content (AvgIpc) is 3.09. The molecule has 6 aromatic rings. The molecule has 6 aromatic carbocycles. The van der Waals surface area contributed by atoms with Crippen molar-refractivity contribution in [3.63, 3.8) is 0 Å². The van der Waals surface area contributed by atoms with Crippen LogP contribution in [0.5, 0.6) is 11.5 Å². The number of hydrogen-bond donors (Lipinski definition) is 8. The van der Waals surface area contributed by atoms with Gasteiger partial charge in [-0.2, -0.15) is 16.8 Å². The van der Waals surface area contributed by atoms with Crippen LogP contribution in [0.1, 0.15) is 31.8 Å². The summed E-state index contributed by atoms with van der Waals surface area (Å²) in [6.07, 6.45) is 0. The van der Waals surface area contributed by atoms with Crippen LogP contribution in [0.2, 0.25) is 0 Å². The van der Waals surface area contributed by atoms with Crippen LogP contribution in [0.3, 0.4) is 0 Å². The molecule has 0 aliphatic heterocycles. The monoisotopic (exact) mass is 770 g/mol. The average molecular weight is 771 g/mol. The molecule has 0 spiro atoms. The summed E-state index contributed by atoms with van der Waals surface area (Å²) < 4.78 is 64.5. The van der Waals surface area contributed by atoms with E-state index in [1.165, 1.54) is 60.7 Å². The number of imide groups is 2. The van der Waals surface area contributed by atoms with E-state index in [1.54, 1.807) is 38.1 Å². The second-order valence-corrected chi connectivity index (χ2v) is 15.0. The fourth-order valence-electron chi connectivity index (χ4n) is 5.78. The number of amides is 4. The molecule has 15 nitrogen and oxygen atoms in total. The lowest BCUT2D eigenvalue weighted by Gasteiger charge is -2.14. The molecule has 0 heterocycles. The van der Waals surface area contributed by atoms with E-state index >= 15 is 0 Å². The molecule has 17 heteroatoms. The largest absolute Gasteiger partial charge is 0.505 e. The van der Waals surface area contributed by atoms with Crippen LogP contribution < -0.4 is 21.3 Å². The summed E-state index contributed by atoms with van der Waals surface area (Å²) in [6, 6.07) is 21.7. The Balaban J connectivity index is 1.08. The normalized spacial score (nSPS) is 11.6. The van der Waals surface area contributed by atoms with Crippen molar-refractivity contribution < 1.29 is 50.5 Å². The minimum absolute atomic E-state index is 0.131. The molecule has 54 heavy (non-hydrogen) atoms. The maximum atomic E-state index is 12.9. The van der Waals surface area contributed by atoms with Gasteiger partial charge in [0.05, 0.1) is 21.2 Å². The molecule has 0 aliphatic carbocycles. The molecule has 0 saturated heterocycles. The highest BCUT2D eigenvalue weighted by molar-refractivity contribution is 7.86. The third-order valence-electron chi connectivity index (χ3n) is 8.48. The smallest absolute Gasteiger partial charge is 0.328 e. The minimum Gasteiger partial charge on any atom is -0.505 e. The number of fused-ring (bicyclic) bond motifs is 2. The van der Waals surface area contributed by atoms with E-state index in [0.717, 1.165) is 12.1 Å². The second kappa shape index (κ2) is 14.1. The Kier molecular flexibility index (Phi) is 9.74. The van der Waals surface area contributed by atoms with Gasteiger partial charge in [-0.3, -0.25) is 29.3 Å².